The van der Waals surface area contributed by atoms with E-state index in [0.717, 1.165) is 5.56 Å². The highest BCUT2D eigenvalue weighted by atomic mass is 16.5. The van der Waals surface area contributed by atoms with Gasteiger partial charge in [-0.05, 0) is 19.4 Å². The maximum absolute atomic E-state index is 11.5. The number of hydrogen-bond donors (Lipinski definition) is 3. The van der Waals surface area contributed by atoms with Crippen molar-refractivity contribution in [2.75, 3.05) is 13.1 Å². The van der Waals surface area contributed by atoms with Crippen LogP contribution < -0.4 is 10.6 Å². The molecule has 0 fully saturated rings. The highest BCUT2D eigenvalue weighted by molar-refractivity contribution is 5.69. The van der Waals surface area contributed by atoms with Crippen LogP contribution in [0.4, 0.5) is 4.79 Å². The first-order valence-electron chi connectivity index (χ1n) is 6.30. The summed E-state index contributed by atoms with van der Waals surface area (Å²) in [6.45, 7) is 3.91. The maximum Gasteiger partial charge on any atom is 0.407 e. The van der Waals surface area contributed by atoms with Crippen molar-refractivity contribution in [2.45, 2.75) is 26.0 Å². The Hall–Kier alpha value is -2.08. The van der Waals surface area contributed by atoms with Crippen molar-refractivity contribution in [3.8, 4) is 0 Å². The normalized spacial score (nSPS) is 10.9. The van der Waals surface area contributed by atoms with Crippen molar-refractivity contribution in [3.05, 3.63) is 35.9 Å². The molecule has 0 atom stereocenters. The SMILES string of the molecule is CC(C)(CNC(=O)OCc1ccccc1)NCC(=O)O. The van der Waals surface area contributed by atoms with Crippen LogP contribution >= 0.6 is 0 Å². The summed E-state index contributed by atoms with van der Waals surface area (Å²) in [5, 5.41) is 14.0. The summed E-state index contributed by atoms with van der Waals surface area (Å²) >= 11 is 0. The molecule has 0 saturated carbocycles. The molecule has 20 heavy (non-hydrogen) atoms. The number of alkyl carbamates (subject to hydrolysis) is 1. The molecular weight excluding hydrogens is 260 g/mol. The fourth-order valence-electron chi connectivity index (χ4n) is 1.44. The van der Waals surface area contributed by atoms with Crippen molar-refractivity contribution < 1.29 is 19.4 Å². The van der Waals surface area contributed by atoms with E-state index in [1.807, 2.05) is 30.3 Å². The fourth-order valence-corrected chi connectivity index (χ4v) is 1.44. The van der Waals surface area contributed by atoms with Crippen LogP contribution in [0, 0.1) is 0 Å². The van der Waals surface area contributed by atoms with Crippen LogP contribution in [-0.2, 0) is 16.1 Å². The maximum atomic E-state index is 11.5. The van der Waals surface area contributed by atoms with E-state index < -0.39 is 17.6 Å². The van der Waals surface area contributed by atoms with Gasteiger partial charge in [0.25, 0.3) is 0 Å². The van der Waals surface area contributed by atoms with Gasteiger partial charge in [0.2, 0.25) is 0 Å². The van der Waals surface area contributed by atoms with Crippen molar-refractivity contribution >= 4 is 12.1 Å². The molecule has 0 radical (unpaired) electrons. The van der Waals surface area contributed by atoms with Gasteiger partial charge in [0.15, 0.2) is 0 Å². The lowest BCUT2D eigenvalue weighted by molar-refractivity contribution is -0.136. The molecule has 0 aromatic heterocycles. The van der Waals surface area contributed by atoms with E-state index in [-0.39, 0.29) is 19.7 Å². The topological polar surface area (TPSA) is 87.7 Å². The largest absolute Gasteiger partial charge is 0.480 e. The number of aliphatic carboxylic acids is 1. The lowest BCUT2D eigenvalue weighted by Crippen LogP contribution is -2.50. The molecule has 0 aliphatic heterocycles. The Morgan fingerprint density at radius 2 is 1.90 bits per heavy atom. The summed E-state index contributed by atoms with van der Waals surface area (Å²) in [6, 6.07) is 9.36. The van der Waals surface area contributed by atoms with E-state index in [1.54, 1.807) is 13.8 Å². The number of carboxylic acids is 1. The molecule has 0 heterocycles. The van der Waals surface area contributed by atoms with Gasteiger partial charge in [-0.15, -0.1) is 0 Å². The van der Waals surface area contributed by atoms with Crippen LogP contribution in [0.3, 0.4) is 0 Å². The van der Waals surface area contributed by atoms with Gasteiger partial charge in [-0.25, -0.2) is 4.79 Å². The number of carbonyl (C=O) groups excluding carboxylic acids is 1. The Kier molecular flexibility index (Phi) is 5.99. The predicted molar refractivity (Wildman–Crippen MR) is 74.3 cm³/mol. The number of nitrogens with one attached hydrogen (secondary N) is 2. The molecule has 0 aliphatic rings. The highest BCUT2D eigenvalue weighted by Gasteiger charge is 2.19. The van der Waals surface area contributed by atoms with Crippen molar-refractivity contribution in [2.24, 2.45) is 0 Å². The van der Waals surface area contributed by atoms with Gasteiger partial charge in [0.05, 0.1) is 6.54 Å². The number of amides is 1. The zero-order valence-corrected chi connectivity index (χ0v) is 11.7. The third-order valence-corrected chi connectivity index (χ3v) is 2.61. The Morgan fingerprint density at radius 1 is 1.25 bits per heavy atom. The lowest BCUT2D eigenvalue weighted by atomic mass is 10.1. The summed E-state index contributed by atoms with van der Waals surface area (Å²) in [7, 11) is 0. The number of benzene rings is 1. The first-order chi connectivity index (χ1) is 9.39. The Morgan fingerprint density at radius 3 is 2.50 bits per heavy atom. The first-order valence-corrected chi connectivity index (χ1v) is 6.30. The molecule has 0 unspecified atom stereocenters. The van der Waals surface area contributed by atoms with E-state index in [4.69, 9.17) is 9.84 Å². The van der Waals surface area contributed by atoms with Crippen LogP contribution in [0.5, 0.6) is 0 Å². The average Bonchev–Trinajstić information content (AvgIpc) is 2.42. The Balaban J connectivity index is 2.27. The van der Waals surface area contributed by atoms with E-state index in [9.17, 15) is 9.59 Å². The molecule has 0 bridgehead atoms. The van der Waals surface area contributed by atoms with Gasteiger partial charge in [-0.2, -0.15) is 0 Å². The molecule has 0 saturated heterocycles. The molecule has 110 valence electrons. The quantitative estimate of drug-likeness (QED) is 0.702. The number of rotatable bonds is 7. The zero-order valence-electron chi connectivity index (χ0n) is 11.7. The molecular formula is C14H20N2O4. The third-order valence-electron chi connectivity index (χ3n) is 2.61. The predicted octanol–water partition coefficient (Wildman–Crippen LogP) is 1.37. The molecule has 0 aliphatic carbocycles. The van der Waals surface area contributed by atoms with Crippen LogP contribution in [0.2, 0.25) is 0 Å². The van der Waals surface area contributed by atoms with Crippen LogP contribution in [0.1, 0.15) is 19.4 Å². The van der Waals surface area contributed by atoms with Crippen LogP contribution in [-0.4, -0.2) is 35.8 Å². The lowest BCUT2D eigenvalue weighted by Gasteiger charge is -2.25. The molecule has 1 amide bonds. The molecule has 1 aromatic rings. The van der Waals surface area contributed by atoms with Crippen LogP contribution in [0.15, 0.2) is 30.3 Å². The van der Waals surface area contributed by atoms with E-state index >= 15 is 0 Å². The molecule has 6 nitrogen and oxygen atoms in total. The van der Waals surface area contributed by atoms with Crippen molar-refractivity contribution in [3.63, 3.8) is 0 Å². The number of carboxylic acid groups (broad SMARTS) is 1. The smallest absolute Gasteiger partial charge is 0.407 e. The number of hydrogen-bond acceptors (Lipinski definition) is 4. The molecule has 3 N–H and O–H groups in total. The van der Waals surface area contributed by atoms with Crippen molar-refractivity contribution in [1.29, 1.82) is 0 Å². The van der Waals surface area contributed by atoms with Gasteiger partial charge in [0, 0.05) is 12.1 Å². The van der Waals surface area contributed by atoms with Gasteiger partial charge in [0.1, 0.15) is 6.61 Å². The molecule has 1 aromatic carbocycles. The second-order valence-electron chi connectivity index (χ2n) is 5.05. The summed E-state index contributed by atoms with van der Waals surface area (Å²) in [5.74, 6) is -0.940. The van der Waals surface area contributed by atoms with E-state index in [1.165, 1.54) is 0 Å². The molecule has 6 heteroatoms. The highest BCUT2D eigenvalue weighted by Crippen LogP contribution is 2.02. The summed E-state index contributed by atoms with van der Waals surface area (Å²) in [6.07, 6.45) is -0.529. The van der Waals surface area contributed by atoms with Gasteiger partial charge < -0.3 is 20.5 Å². The fraction of sp³-hybridized carbons (Fsp3) is 0.429. The monoisotopic (exact) mass is 280 g/mol. The van der Waals surface area contributed by atoms with Gasteiger partial charge in [-0.1, -0.05) is 30.3 Å². The van der Waals surface area contributed by atoms with Gasteiger partial charge in [-0.3, -0.25) is 4.79 Å². The van der Waals surface area contributed by atoms with Crippen LogP contribution in [0.25, 0.3) is 0 Å². The van der Waals surface area contributed by atoms with E-state index in [0.29, 0.717) is 0 Å². The minimum absolute atomic E-state index is 0.159. The Bertz CT molecular complexity index is 446. The summed E-state index contributed by atoms with van der Waals surface area (Å²) in [4.78, 5) is 22.0. The van der Waals surface area contributed by atoms with E-state index in [2.05, 4.69) is 10.6 Å². The van der Waals surface area contributed by atoms with Gasteiger partial charge >= 0.3 is 12.1 Å². The average molecular weight is 280 g/mol. The second-order valence-corrected chi connectivity index (χ2v) is 5.05. The minimum Gasteiger partial charge on any atom is -0.480 e. The number of carbonyl (C=O) groups is 2. The molecule has 0 spiro atoms. The Labute approximate surface area is 118 Å². The number of ether oxygens (including phenoxy) is 1. The summed E-state index contributed by atoms with van der Waals surface area (Å²) in [5.41, 5.74) is 0.385. The first kappa shape index (κ1) is 16.0. The second kappa shape index (κ2) is 7.49. The minimum atomic E-state index is -0.940. The van der Waals surface area contributed by atoms with Crippen molar-refractivity contribution in [1.82, 2.24) is 10.6 Å². The zero-order chi connectivity index (χ0) is 15.0. The molecule has 1 rings (SSSR count). The standard InChI is InChI=1S/C14H20N2O4/c1-14(2,16-8-12(17)18)10-15-13(19)20-9-11-6-4-3-5-7-11/h3-7,16H,8-10H2,1-2H3,(H,15,19)(H,17,18). The summed E-state index contributed by atoms with van der Waals surface area (Å²) < 4.78 is 5.05. The third kappa shape index (κ3) is 6.75.